The van der Waals surface area contributed by atoms with Crippen LogP contribution in [0, 0.1) is 12.8 Å². The highest BCUT2D eigenvalue weighted by molar-refractivity contribution is 7.13. The van der Waals surface area contributed by atoms with E-state index in [-0.39, 0.29) is 30.7 Å². The molecule has 1 aromatic carbocycles. The van der Waals surface area contributed by atoms with Crippen LogP contribution in [0.1, 0.15) is 24.1 Å². The molecule has 2 heterocycles. The Morgan fingerprint density at radius 2 is 2.04 bits per heavy atom. The lowest BCUT2D eigenvalue weighted by Crippen LogP contribution is -2.43. The third-order valence-electron chi connectivity index (χ3n) is 4.55. The van der Waals surface area contributed by atoms with Crippen molar-refractivity contribution in [1.82, 2.24) is 15.2 Å². The Balaban J connectivity index is 0.00000169. The average molecular weight is 416 g/mol. The molecule has 1 aromatic heterocycles. The Labute approximate surface area is 172 Å². The number of rotatable bonds is 5. The van der Waals surface area contributed by atoms with Crippen molar-refractivity contribution in [3.05, 3.63) is 40.9 Å². The number of aryl methyl sites for hydroxylation is 1. The average Bonchev–Trinajstić information content (AvgIpc) is 3.04. The maximum atomic E-state index is 12.6. The maximum absolute atomic E-state index is 12.6. The Kier molecular flexibility index (Phi) is 9.58. The first-order chi connectivity index (χ1) is 11.7. The normalized spacial score (nSPS) is 16.5. The number of hydrogen-bond donors (Lipinski definition) is 1. The van der Waals surface area contributed by atoms with Gasteiger partial charge in [-0.05, 0) is 39.3 Å². The van der Waals surface area contributed by atoms with E-state index in [9.17, 15) is 4.79 Å². The summed E-state index contributed by atoms with van der Waals surface area (Å²) < 4.78 is 0. The van der Waals surface area contributed by atoms with Crippen molar-refractivity contribution >= 4 is 42.1 Å². The van der Waals surface area contributed by atoms with Gasteiger partial charge in [0.15, 0.2) is 0 Å². The summed E-state index contributed by atoms with van der Waals surface area (Å²) in [5.41, 5.74) is 3.25. The molecule has 0 saturated carbocycles. The largest absolute Gasteiger partial charge is 0.342 e. The van der Waals surface area contributed by atoms with Gasteiger partial charge in [0.05, 0.1) is 12.1 Å². The quantitative estimate of drug-likeness (QED) is 0.803. The van der Waals surface area contributed by atoms with Crippen LogP contribution in [0.5, 0.6) is 0 Å². The third kappa shape index (κ3) is 5.95. The lowest BCUT2D eigenvalue weighted by Gasteiger charge is -2.32. The van der Waals surface area contributed by atoms with Crippen molar-refractivity contribution in [3.63, 3.8) is 0 Å². The van der Waals surface area contributed by atoms with Crippen LogP contribution in [0.3, 0.4) is 0 Å². The van der Waals surface area contributed by atoms with E-state index in [2.05, 4.69) is 41.5 Å². The monoisotopic (exact) mass is 415 g/mol. The minimum absolute atomic E-state index is 0. The molecule has 0 aliphatic carbocycles. The molecule has 0 bridgehead atoms. The van der Waals surface area contributed by atoms with Crippen LogP contribution in [0.2, 0.25) is 0 Å². The van der Waals surface area contributed by atoms with Gasteiger partial charge in [0.25, 0.3) is 0 Å². The molecule has 1 fully saturated rings. The van der Waals surface area contributed by atoms with Crippen molar-refractivity contribution in [2.75, 3.05) is 26.7 Å². The summed E-state index contributed by atoms with van der Waals surface area (Å²) in [6.45, 7) is 4.82. The van der Waals surface area contributed by atoms with Crippen LogP contribution in [0.4, 0.5) is 0 Å². The molecule has 26 heavy (non-hydrogen) atoms. The molecule has 144 valence electrons. The van der Waals surface area contributed by atoms with Crippen LogP contribution in [0.25, 0.3) is 10.6 Å². The summed E-state index contributed by atoms with van der Waals surface area (Å²) in [6.07, 6.45) is 2.72. The number of thiazole rings is 1. The molecule has 1 N–H and O–H groups in total. The molecule has 1 unspecified atom stereocenters. The van der Waals surface area contributed by atoms with Crippen molar-refractivity contribution in [3.8, 4) is 10.6 Å². The Morgan fingerprint density at radius 3 is 2.73 bits per heavy atom. The molecule has 3 rings (SSSR count). The van der Waals surface area contributed by atoms with Crippen molar-refractivity contribution in [2.24, 2.45) is 5.92 Å². The second kappa shape index (κ2) is 10.9. The number of amides is 1. The number of carbonyl (C=O) groups excluding carboxylic acids is 1. The van der Waals surface area contributed by atoms with Crippen LogP contribution < -0.4 is 5.32 Å². The standard InChI is InChI=1S/C19H25N3OS.2ClH/c1-14-5-7-16(8-6-14)19-21-17(13-24-19)10-18(23)22-9-3-4-15(12-22)11-20-2;;/h5-8,13,15,20H,3-4,9-12H2,1-2H3;2*1H. The molecule has 4 nitrogen and oxygen atoms in total. The fourth-order valence-corrected chi connectivity index (χ4v) is 4.06. The second-order valence-electron chi connectivity index (χ2n) is 6.59. The summed E-state index contributed by atoms with van der Waals surface area (Å²) in [7, 11) is 1.97. The first-order valence-electron chi connectivity index (χ1n) is 8.59. The van der Waals surface area contributed by atoms with Crippen molar-refractivity contribution in [2.45, 2.75) is 26.2 Å². The van der Waals surface area contributed by atoms with E-state index < -0.39 is 0 Å². The van der Waals surface area contributed by atoms with E-state index in [0.29, 0.717) is 12.3 Å². The van der Waals surface area contributed by atoms with Gasteiger partial charge in [-0.2, -0.15) is 0 Å². The molecular formula is C19H27Cl2N3OS. The van der Waals surface area contributed by atoms with E-state index in [1.165, 1.54) is 12.0 Å². The van der Waals surface area contributed by atoms with E-state index >= 15 is 0 Å². The van der Waals surface area contributed by atoms with E-state index in [1.54, 1.807) is 11.3 Å². The molecule has 0 spiro atoms. The number of hydrogen-bond acceptors (Lipinski definition) is 4. The zero-order valence-corrected chi connectivity index (χ0v) is 17.7. The summed E-state index contributed by atoms with van der Waals surface area (Å²) in [4.78, 5) is 19.2. The lowest BCUT2D eigenvalue weighted by atomic mass is 9.97. The van der Waals surface area contributed by atoms with Gasteiger partial charge in [-0.3, -0.25) is 4.79 Å². The third-order valence-corrected chi connectivity index (χ3v) is 5.49. The topological polar surface area (TPSA) is 45.2 Å². The molecule has 1 aliphatic heterocycles. The van der Waals surface area contributed by atoms with Gasteiger partial charge in [0, 0.05) is 24.0 Å². The Hall–Kier alpha value is -1.14. The number of nitrogens with zero attached hydrogens (tertiary/aromatic N) is 2. The number of halogens is 2. The van der Waals surface area contributed by atoms with Crippen molar-refractivity contribution in [1.29, 1.82) is 0 Å². The first-order valence-corrected chi connectivity index (χ1v) is 9.47. The smallest absolute Gasteiger partial charge is 0.228 e. The number of nitrogens with one attached hydrogen (secondary N) is 1. The highest BCUT2D eigenvalue weighted by atomic mass is 35.5. The second-order valence-corrected chi connectivity index (χ2v) is 7.45. The van der Waals surface area contributed by atoms with Gasteiger partial charge in [0.1, 0.15) is 5.01 Å². The molecule has 1 aliphatic rings. The van der Waals surface area contributed by atoms with E-state index in [0.717, 1.165) is 42.3 Å². The number of carbonyl (C=O) groups is 1. The molecule has 1 atom stereocenters. The van der Waals surface area contributed by atoms with Gasteiger partial charge in [-0.25, -0.2) is 4.98 Å². The van der Waals surface area contributed by atoms with Gasteiger partial charge in [-0.15, -0.1) is 36.2 Å². The number of aromatic nitrogens is 1. The van der Waals surface area contributed by atoms with Gasteiger partial charge < -0.3 is 10.2 Å². The lowest BCUT2D eigenvalue weighted by molar-refractivity contribution is -0.132. The molecule has 2 aromatic rings. The SMILES string of the molecule is CNCC1CCCN(C(=O)Cc2csc(-c3ccc(C)cc3)n2)C1.Cl.Cl. The predicted octanol–water partition coefficient (Wildman–Crippen LogP) is 3.96. The van der Waals surface area contributed by atoms with Gasteiger partial charge in [-0.1, -0.05) is 29.8 Å². The number of benzene rings is 1. The van der Waals surface area contributed by atoms with E-state index in [1.807, 2.05) is 17.3 Å². The highest BCUT2D eigenvalue weighted by Gasteiger charge is 2.23. The fraction of sp³-hybridized carbons (Fsp3) is 0.474. The first kappa shape index (κ1) is 22.9. The molecule has 0 radical (unpaired) electrons. The maximum Gasteiger partial charge on any atom is 0.228 e. The molecular weight excluding hydrogens is 389 g/mol. The molecule has 1 saturated heterocycles. The van der Waals surface area contributed by atoms with Crippen molar-refractivity contribution < 1.29 is 4.79 Å². The summed E-state index contributed by atoms with van der Waals surface area (Å²) in [5, 5.41) is 6.23. The minimum atomic E-state index is 0. The minimum Gasteiger partial charge on any atom is -0.342 e. The molecule has 1 amide bonds. The zero-order valence-electron chi connectivity index (χ0n) is 15.2. The predicted molar refractivity (Wildman–Crippen MR) is 114 cm³/mol. The number of piperidine rings is 1. The van der Waals surface area contributed by atoms with Crippen LogP contribution >= 0.6 is 36.2 Å². The summed E-state index contributed by atoms with van der Waals surface area (Å²) >= 11 is 1.61. The highest BCUT2D eigenvalue weighted by Crippen LogP contribution is 2.25. The summed E-state index contributed by atoms with van der Waals surface area (Å²) in [5.74, 6) is 0.780. The number of likely N-dealkylation sites (tertiary alicyclic amines) is 1. The van der Waals surface area contributed by atoms with Crippen LogP contribution in [-0.2, 0) is 11.2 Å². The van der Waals surface area contributed by atoms with Crippen LogP contribution in [0.15, 0.2) is 29.6 Å². The Bertz CT molecular complexity index is 688. The summed E-state index contributed by atoms with van der Waals surface area (Å²) in [6, 6.07) is 8.37. The van der Waals surface area contributed by atoms with Gasteiger partial charge in [0.2, 0.25) is 5.91 Å². The van der Waals surface area contributed by atoms with E-state index in [4.69, 9.17) is 0 Å². The molecule has 7 heteroatoms. The Morgan fingerprint density at radius 1 is 1.31 bits per heavy atom. The zero-order chi connectivity index (χ0) is 16.9. The fourth-order valence-electron chi connectivity index (χ4n) is 3.23. The van der Waals surface area contributed by atoms with Gasteiger partial charge >= 0.3 is 0 Å². The van der Waals surface area contributed by atoms with Crippen LogP contribution in [-0.4, -0.2) is 42.5 Å².